The van der Waals surface area contributed by atoms with Crippen molar-refractivity contribution in [3.63, 3.8) is 0 Å². The lowest BCUT2D eigenvalue weighted by molar-refractivity contribution is 0.102. The lowest BCUT2D eigenvalue weighted by atomic mass is 9.79. The van der Waals surface area contributed by atoms with E-state index in [1.165, 1.54) is 24.8 Å². The molecule has 1 aromatic heterocycles. The first-order valence-electron chi connectivity index (χ1n) is 11.8. The molecule has 7 heteroatoms. The number of hydrogen-bond acceptors (Lipinski definition) is 6. The van der Waals surface area contributed by atoms with Gasteiger partial charge in [0.2, 0.25) is 0 Å². The molecule has 6 nitrogen and oxygen atoms in total. The van der Waals surface area contributed by atoms with Crippen LogP contribution in [0.2, 0.25) is 0 Å². The summed E-state index contributed by atoms with van der Waals surface area (Å²) in [5.41, 5.74) is 2.98. The fourth-order valence-electron chi connectivity index (χ4n) is 5.85. The molecule has 2 aromatic rings. The van der Waals surface area contributed by atoms with Gasteiger partial charge in [-0.1, -0.05) is 24.6 Å². The van der Waals surface area contributed by atoms with Crippen molar-refractivity contribution in [1.29, 1.82) is 0 Å². The second-order valence-corrected chi connectivity index (χ2v) is 12.1. The van der Waals surface area contributed by atoms with Crippen molar-refractivity contribution in [2.24, 2.45) is 0 Å². The van der Waals surface area contributed by atoms with Gasteiger partial charge in [0.25, 0.3) is 0 Å². The molecule has 3 heterocycles. The average molecular weight is 458 g/mol. The summed E-state index contributed by atoms with van der Waals surface area (Å²) in [6.45, 7) is 5.95. The van der Waals surface area contributed by atoms with Gasteiger partial charge in [0.1, 0.15) is 11.6 Å². The Labute approximate surface area is 192 Å². The zero-order valence-electron chi connectivity index (χ0n) is 19.1. The van der Waals surface area contributed by atoms with Gasteiger partial charge in [-0.2, -0.15) is 0 Å². The van der Waals surface area contributed by atoms with Crippen LogP contribution in [0.5, 0.6) is 5.75 Å². The van der Waals surface area contributed by atoms with E-state index in [1.807, 2.05) is 41.6 Å². The number of likely N-dealkylation sites (tertiary alicyclic amines) is 1. The molecule has 3 N–H and O–H groups in total. The maximum atomic E-state index is 10.9. The molecule has 2 atom stereocenters. The summed E-state index contributed by atoms with van der Waals surface area (Å²) >= 11 is 0. The number of aromatic nitrogens is 1. The third-order valence-electron chi connectivity index (χ3n) is 7.83. The van der Waals surface area contributed by atoms with Crippen molar-refractivity contribution in [3.8, 4) is 5.75 Å². The predicted octanol–water partition coefficient (Wildman–Crippen LogP) is 5.66. The highest BCUT2D eigenvalue weighted by molar-refractivity contribution is 8.25. The number of hydrogen-bond donors (Lipinski definition) is 3. The molecule has 1 aliphatic carbocycles. The number of phenols is 1. The molecule has 2 saturated heterocycles. The van der Waals surface area contributed by atoms with Gasteiger partial charge in [0.15, 0.2) is 0 Å². The fraction of sp³-hybridized carbons (Fsp3) is 0.560. The Bertz CT molecular complexity index is 996. The van der Waals surface area contributed by atoms with E-state index in [4.69, 9.17) is 0 Å². The number of pyridine rings is 1. The van der Waals surface area contributed by atoms with Crippen LogP contribution in [0.15, 0.2) is 36.4 Å². The standard InChI is InChI=1S/C25H35N3O3S/c1-18-5-3-8-24(26-18)28-25(12-14-32(28,30)31)11-13-27(19(2)16-25)17-20-9-10-23(29)22(15-20)21-6-4-7-21/h3,5,8-10,15,19,21,29-31H,4,6-7,11-14,16-17H2,1-2H3/t19-,25-/m0/s1. The van der Waals surface area contributed by atoms with Gasteiger partial charge in [-0.15, -0.1) is 10.8 Å². The number of aryl methyl sites for hydroxylation is 1. The van der Waals surface area contributed by atoms with Gasteiger partial charge in [0.05, 0.1) is 11.3 Å². The number of piperidine rings is 1. The normalized spacial score (nSPS) is 29.2. The summed E-state index contributed by atoms with van der Waals surface area (Å²) in [7, 11) is -2.86. The summed E-state index contributed by atoms with van der Waals surface area (Å²) in [6, 6.07) is 12.2. The zero-order chi connectivity index (χ0) is 22.5. The fourth-order valence-corrected chi connectivity index (χ4v) is 7.96. The van der Waals surface area contributed by atoms with Crippen molar-refractivity contribution >= 4 is 16.6 Å². The predicted molar refractivity (Wildman–Crippen MR) is 130 cm³/mol. The Hall–Kier alpha value is -1.80. The Morgan fingerprint density at radius 2 is 1.97 bits per heavy atom. The quantitative estimate of drug-likeness (QED) is 0.550. The highest BCUT2D eigenvalue weighted by Gasteiger charge is 2.53. The van der Waals surface area contributed by atoms with E-state index in [0.717, 1.165) is 43.6 Å². The second kappa shape index (κ2) is 8.20. The third-order valence-corrected chi connectivity index (χ3v) is 9.74. The molecule has 3 aliphatic rings. The van der Waals surface area contributed by atoms with E-state index in [1.54, 1.807) is 0 Å². The van der Waals surface area contributed by atoms with E-state index in [9.17, 15) is 14.2 Å². The molecule has 3 fully saturated rings. The number of benzene rings is 1. The van der Waals surface area contributed by atoms with Crippen molar-refractivity contribution in [2.75, 3.05) is 16.6 Å². The van der Waals surface area contributed by atoms with E-state index in [0.29, 0.717) is 29.3 Å². The molecule has 0 bridgehead atoms. The molecule has 0 radical (unpaired) electrons. The minimum atomic E-state index is -2.86. The summed E-state index contributed by atoms with van der Waals surface area (Å²) in [6.07, 6.45) is 6.16. The van der Waals surface area contributed by atoms with E-state index in [2.05, 4.69) is 22.9 Å². The minimum Gasteiger partial charge on any atom is -0.508 e. The Kier molecular flexibility index (Phi) is 5.64. The number of nitrogens with zero attached hydrogens (tertiary/aromatic N) is 3. The number of phenolic OH excluding ortho intramolecular Hbond substituents is 1. The molecule has 0 unspecified atom stereocenters. The molecule has 2 aliphatic heterocycles. The number of aromatic hydroxyl groups is 1. The van der Waals surface area contributed by atoms with Crippen molar-refractivity contribution < 1.29 is 14.2 Å². The Morgan fingerprint density at radius 3 is 2.66 bits per heavy atom. The van der Waals surface area contributed by atoms with Crippen LogP contribution in [0.25, 0.3) is 0 Å². The molecule has 32 heavy (non-hydrogen) atoms. The van der Waals surface area contributed by atoms with Crippen LogP contribution in [0.3, 0.4) is 0 Å². The van der Waals surface area contributed by atoms with Crippen molar-refractivity contribution in [1.82, 2.24) is 9.88 Å². The van der Waals surface area contributed by atoms with Gasteiger partial charge >= 0.3 is 0 Å². The lowest BCUT2D eigenvalue weighted by Gasteiger charge is -2.51. The summed E-state index contributed by atoms with van der Waals surface area (Å²) in [5.74, 6) is 2.04. The topological polar surface area (TPSA) is 80.1 Å². The number of rotatable bonds is 4. The maximum Gasteiger partial charge on any atom is 0.147 e. The van der Waals surface area contributed by atoms with Gasteiger partial charge in [-0.05, 0) is 81.2 Å². The van der Waals surface area contributed by atoms with Crippen LogP contribution in [-0.4, -0.2) is 48.0 Å². The average Bonchev–Trinajstić information content (AvgIpc) is 2.95. The zero-order valence-corrected chi connectivity index (χ0v) is 19.9. The van der Waals surface area contributed by atoms with Gasteiger partial charge in [-0.3, -0.25) is 14.0 Å². The highest BCUT2D eigenvalue weighted by atomic mass is 32.3. The van der Waals surface area contributed by atoms with Crippen LogP contribution in [0, 0.1) is 6.92 Å². The molecule has 1 aromatic carbocycles. The molecule has 1 spiro atoms. The molecular weight excluding hydrogens is 422 g/mol. The first-order valence-corrected chi connectivity index (χ1v) is 13.5. The van der Waals surface area contributed by atoms with E-state index >= 15 is 0 Å². The largest absolute Gasteiger partial charge is 0.508 e. The molecule has 5 rings (SSSR count). The first-order chi connectivity index (χ1) is 15.3. The SMILES string of the molecule is Cc1cccc(N2[C@@]3(CCN(Cc4ccc(O)c(C5CCC5)c4)[C@@H](C)C3)CCS2(O)O)n1. The first kappa shape index (κ1) is 22.0. The Morgan fingerprint density at radius 1 is 1.16 bits per heavy atom. The third kappa shape index (κ3) is 3.89. The number of anilines is 1. The van der Waals surface area contributed by atoms with Crippen LogP contribution in [0.4, 0.5) is 5.82 Å². The van der Waals surface area contributed by atoms with Crippen LogP contribution in [0.1, 0.15) is 68.2 Å². The Balaban J connectivity index is 1.34. The monoisotopic (exact) mass is 457 g/mol. The van der Waals surface area contributed by atoms with E-state index in [-0.39, 0.29) is 5.54 Å². The molecule has 174 valence electrons. The van der Waals surface area contributed by atoms with Gasteiger partial charge in [0, 0.05) is 24.8 Å². The lowest BCUT2D eigenvalue weighted by Crippen LogP contribution is -2.55. The summed E-state index contributed by atoms with van der Waals surface area (Å²) in [5, 5.41) is 10.3. The van der Waals surface area contributed by atoms with E-state index < -0.39 is 10.8 Å². The van der Waals surface area contributed by atoms with Crippen molar-refractivity contribution in [3.05, 3.63) is 53.2 Å². The van der Waals surface area contributed by atoms with Crippen LogP contribution >= 0.6 is 10.8 Å². The van der Waals surface area contributed by atoms with Gasteiger partial charge in [-0.25, -0.2) is 9.29 Å². The molecule has 0 amide bonds. The smallest absolute Gasteiger partial charge is 0.147 e. The summed E-state index contributed by atoms with van der Waals surface area (Å²) in [4.78, 5) is 7.14. The molecular formula is C25H35N3O3S. The summed E-state index contributed by atoms with van der Waals surface area (Å²) < 4.78 is 23.7. The van der Waals surface area contributed by atoms with Crippen LogP contribution < -0.4 is 4.31 Å². The minimum absolute atomic E-state index is 0.262. The second-order valence-electron chi connectivity index (χ2n) is 10.0. The van der Waals surface area contributed by atoms with Gasteiger partial charge < -0.3 is 5.11 Å². The highest BCUT2D eigenvalue weighted by Crippen LogP contribution is 2.60. The molecule has 1 saturated carbocycles. The van der Waals surface area contributed by atoms with Crippen molar-refractivity contribution in [2.45, 2.75) is 76.4 Å². The maximum absolute atomic E-state index is 10.9. The van der Waals surface area contributed by atoms with Crippen LogP contribution in [-0.2, 0) is 6.54 Å².